The average molecular weight is 464 g/mol. The van der Waals surface area contributed by atoms with Crippen LogP contribution in [0, 0.1) is 6.92 Å². The number of aromatic nitrogens is 1. The zero-order valence-electron chi connectivity index (χ0n) is 15.0. The van der Waals surface area contributed by atoms with Gasteiger partial charge in [0.2, 0.25) is 15.9 Å². The number of carbonyl (C=O) groups is 1. The summed E-state index contributed by atoms with van der Waals surface area (Å²) in [5, 5.41) is 2.60. The fourth-order valence-electron chi connectivity index (χ4n) is 2.45. The molecular formula is C19H18BrN3O4S. The molecule has 0 aliphatic heterocycles. The minimum atomic E-state index is -3.90. The first-order valence-corrected chi connectivity index (χ1v) is 10.6. The van der Waals surface area contributed by atoms with E-state index in [9.17, 15) is 13.2 Å². The molecule has 1 N–H and O–H groups in total. The minimum Gasteiger partial charge on any atom is -0.468 e. The summed E-state index contributed by atoms with van der Waals surface area (Å²) < 4.78 is 33.3. The van der Waals surface area contributed by atoms with E-state index in [2.05, 4.69) is 26.2 Å². The normalized spacial score (nSPS) is 11.5. The quantitative estimate of drug-likeness (QED) is 0.577. The maximum Gasteiger partial charge on any atom is 0.243 e. The smallest absolute Gasteiger partial charge is 0.243 e. The molecule has 1 amide bonds. The Bertz CT molecular complexity index is 1030. The standard InChI is InChI=1S/C19H18BrN3O4S/c1-14-4-7-17(8-5-14)28(25,26)23(12-16-3-2-10-27-16)13-19(24)22-18-9-6-15(20)11-21-18/h2-11H,12-13H2,1H3,(H,21,22,24). The number of pyridine rings is 1. The summed E-state index contributed by atoms with van der Waals surface area (Å²) in [4.78, 5) is 16.6. The van der Waals surface area contributed by atoms with Crippen LogP contribution in [-0.4, -0.2) is 30.2 Å². The van der Waals surface area contributed by atoms with Crippen molar-refractivity contribution in [2.75, 3.05) is 11.9 Å². The van der Waals surface area contributed by atoms with Crippen molar-refractivity contribution in [3.8, 4) is 0 Å². The molecule has 7 nitrogen and oxygen atoms in total. The number of hydrogen-bond donors (Lipinski definition) is 1. The largest absolute Gasteiger partial charge is 0.468 e. The van der Waals surface area contributed by atoms with Crippen LogP contribution in [0.15, 0.2) is 74.8 Å². The van der Waals surface area contributed by atoms with Gasteiger partial charge in [-0.1, -0.05) is 17.7 Å². The molecule has 2 heterocycles. The van der Waals surface area contributed by atoms with Gasteiger partial charge < -0.3 is 9.73 Å². The molecule has 1 aromatic carbocycles. The Balaban J connectivity index is 1.83. The summed E-state index contributed by atoms with van der Waals surface area (Å²) in [7, 11) is -3.90. The van der Waals surface area contributed by atoms with Crippen LogP contribution in [0.2, 0.25) is 0 Å². The Morgan fingerprint density at radius 3 is 2.54 bits per heavy atom. The number of benzene rings is 1. The number of rotatable bonds is 7. The molecule has 0 radical (unpaired) electrons. The highest BCUT2D eigenvalue weighted by Gasteiger charge is 2.27. The van der Waals surface area contributed by atoms with Gasteiger partial charge in [-0.3, -0.25) is 4.79 Å². The van der Waals surface area contributed by atoms with Crippen molar-refractivity contribution in [2.24, 2.45) is 0 Å². The van der Waals surface area contributed by atoms with Gasteiger partial charge in [0.1, 0.15) is 11.6 Å². The van der Waals surface area contributed by atoms with Crippen LogP contribution in [0.1, 0.15) is 11.3 Å². The van der Waals surface area contributed by atoms with E-state index in [1.165, 1.54) is 18.4 Å². The van der Waals surface area contributed by atoms with Crippen molar-refractivity contribution >= 4 is 37.7 Å². The lowest BCUT2D eigenvalue weighted by Gasteiger charge is -2.21. The van der Waals surface area contributed by atoms with Crippen LogP contribution in [0.25, 0.3) is 0 Å². The number of nitrogens with zero attached hydrogens (tertiary/aromatic N) is 2. The van der Waals surface area contributed by atoms with Crippen LogP contribution in [0.3, 0.4) is 0 Å². The summed E-state index contributed by atoms with van der Waals surface area (Å²) in [6.45, 7) is 1.43. The number of halogens is 1. The van der Waals surface area contributed by atoms with Gasteiger partial charge in [0.25, 0.3) is 0 Å². The molecule has 0 unspecified atom stereocenters. The highest BCUT2D eigenvalue weighted by Crippen LogP contribution is 2.19. The Hall–Kier alpha value is -2.49. The van der Waals surface area contributed by atoms with Crippen LogP contribution < -0.4 is 5.32 Å². The zero-order chi connectivity index (χ0) is 20.1. The first-order valence-electron chi connectivity index (χ1n) is 8.35. The molecule has 3 rings (SSSR count). The Kier molecular flexibility index (Phi) is 6.28. The molecule has 0 spiro atoms. The summed E-state index contributed by atoms with van der Waals surface area (Å²) in [6, 6.07) is 13.1. The van der Waals surface area contributed by atoms with Gasteiger partial charge in [-0.25, -0.2) is 13.4 Å². The molecule has 0 saturated carbocycles. The Labute approximate surface area is 171 Å². The van der Waals surface area contributed by atoms with E-state index in [0.29, 0.717) is 11.6 Å². The highest BCUT2D eigenvalue weighted by molar-refractivity contribution is 9.10. The molecule has 0 aliphatic carbocycles. The topological polar surface area (TPSA) is 92.5 Å². The maximum atomic E-state index is 13.1. The second-order valence-corrected chi connectivity index (χ2v) is 8.93. The van der Waals surface area contributed by atoms with Crippen molar-refractivity contribution in [3.63, 3.8) is 0 Å². The third-order valence-corrected chi connectivity index (χ3v) is 6.16. The fourth-order valence-corrected chi connectivity index (χ4v) is 4.05. The molecule has 2 aromatic heterocycles. The van der Waals surface area contributed by atoms with E-state index in [-0.39, 0.29) is 18.0 Å². The van der Waals surface area contributed by atoms with Gasteiger partial charge in [-0.15, -0.1) is 0 Å². The van der Waals surface area contributed by atoms with E-state index in [4.69, 9.17) is 4.42 Å². The number of aryl methyl sites for hydroxylation is 1. The third-order valence-electron chi connectivity index (χ3n) is 3.89. The molecule has 3 aromatic rings. The van der Waals surface area contributed by atoms with Crippen LogP contribution >= 0.6 is 15.9 Å². The number of amides is 1. The lowest BCUT2D eigenvalue weighted by atomic mass is 10.2. The zero-order valence-corrected chi connectivity index (χ0v) is 17.4. The van der Waals surface area contributed by atoms with Crippen molar-refractivity contribution in [3.05, 3.63) is 76.8 Å². The van der Waals surface area contributed by atoms with Crippen molar-refractivity contribution in [1.29, 1.82) is 0 Å². The molecule has 9 heteroatoms. The number of carbonyl (C=O) groups excluding carboxylic acids is 1. The minimum absolute atomic E-state index is 0.0651. The van der Waals surface area contributed by atoms with Crippen LogP contribution in [0.5, 0.6) is 0 Å². The first kappa shape index (κ1) is 20.2. The SMILES string of the molecule is Cc1ccc(S(=O)(=O)N(CC(=O)Nc2ccc(Br)cn2)Cc2ccco2)cc1. The number of anilines is 1. The summed E-state index contributed by atoms with van der Waals surface area (Å²) in [5.74, 6) is 0.265. The van der Waals surface area contributed by atoms with Gasteiger partial charge in [-0.05, 0) is 59.3 Å². The van der Waals surface area contributed by atoms with Gasteiger partial charge in [0, 0.05) is 10.7 Å². The van der Waals surface area contributed by atoms with Crippen molar-refractivity contribution < 1.29 is 17.6 Å². The number of sulfonamides is 1. The van der Waals surface area contributed by atoms with Gasteiger partial charge in [0.05, 0.1) is 24.2 Å². The average Bonchev–Trinajstić information content (AvgIpc) is 3.17. The maximum absolute atomic E-state index is 13.1. The third kappa shape index (κ3) is 5.06. The lowest BCUT2D eigenvalue weighted by Crippen LogP contribution is -2.37. The van der Waals surface area contributed by atoms with E-state index in [1.54, 1.807) is 42.6 Å². The Morgan fingerprint density at radius 1 is 1.18 bits per heavy atom. The predicted octanol–water partition coefficient (Wildman–Crippen LogP) is 3.58. The van der Waals surface area contributed by atoms with Gasteiger partial charge in [-0.2, -0.15) is 4.31 Å². The molecule has 0 aliphatic rings. The van der Waals surface area contributed by atoms with Gasteiger partial charge in [0.15, 0.2) is 0 Å². The van der Waals surface area contributed by atoms with E-state index < -0.39 is 15.9 Å². The summed E-state index contributed by atoms with van der Waals surface area (Å²) in [5.41, 5.74) is 0.940. The molecule has 0 bridgehead atoms. The number of hydrogen-bond acceptors (Lipinski definition) is 5. The molecule has 28 heavy (non-hydrogen) atoms. The molecule has 0 atom stereocenters. The van der Waals surface area contributed by atoms with Crippen molar-refractivity contribution in [1.82, 2.24) is 9.29 Å². The summed E-state index contributed by atoms with van der Waals surface area (Å²) >= 11 is 3.27. The highest BCUT2D eigenvalue weighted by atomic mass is 79.9. The molecule has 0 saturated heterocycles. The molecule has 0 fully saturated rings. The lowest BCUT2D eigenvalue weighted by molar-refractivity contribution is -0.116. The Morgan fingerprint density at radius 2 is 1.93 bits per heavy atom. The van der Waals surface area contributed by atoms with Crippen molar-refractivity contribution in [2.45, 2.75) is 18.4 Å². The van der Waals surface area contributed by atoms with Crippen LogP contribution in [-0.2, 0) is 21.4 Å². The molecular weight excluding hydrogens is 446 g/mol. The second-order valence-electron chi connectivity index (χ2n) is 6.08. The number of nitrogens with one attached hydrogen (secondary N) is 1. The predicted molar refractivity (Wildman–Crippen MR) is 108 cm³/mol. The van der Waals surface area contributed by atoms with Crippen LogP contribution in [0.4, 0.5) is 5.82 Å². The van der Waals surface area contributed by atoms with Gasteiger partial charge >= 0.3 is 0 Å². The van der Waals surface area contributed by atoms with E-state index >= 15 is 0 Å². The molecule has 146 valence electrons. The van der Waals surface area contributed by atoms with E-state index in [1.807, 2.05) is 6.92 Å². The first-order chi connectivity index (χ1) is 13.3. The summed E-state index contributed by atoms with van der Waals surface area (Å²) in [6.07, 6.45) is 3.00. The van der Waals surface area contributed by atoms with E-state index in [0.717, 1.165) is 14.3 Å². The monoisotopic (exact) mass is 463 g/mol. The number of furan rings is 1. The fraction of sp³-hybridized carbons (Fsp3) is 0.158. The second kappa shape index (κ2) is 8.68.